The van der Waals surface area contributed by atoms with E-state index in [4.69, 9.17) is 9.47 Å². The van der Waals surface area contributed by atoms with Crippen molar-refractivity contribution in [2.24, 2.45) is 0 Å². The normalized spacial score (nSPS) is 21.3. The number of amides is 2. The molecule has 2 aliphatic heterocycles. The van der Waals surface area contributed by atoms with Gasteiger partial charge in [-0.25, -0.2) is 0 Å². The number of Topliss-reactive ketones (excluding diaryl/α,β-unsaturated/α-hetero) is 1. The maximum Gasteiger partial charge on any atom is 0.296 e. The molecule has 2 aromatic rings. The Kier molecular flexibility index (Phi) is 5.71. The number of para-hydroxylation sites is 1. The highest BCUT2D eigenvalue weighted by atomic mass is 16.5. The predicted molar refractivity (Wildman–Crippen MR) is 122 cm³/mol. The molecular formula is C25H26N2O6. The number of rotatable bonds is 6. The van der Waals surface area contributed by atoms with Crippen LogP contribution in [0.2, 0.25) is 0 Å². The number of methoxy groups -OCH3 is 2. The molecule has 1 saturated heterocycles. The van der Waals surface area contributed by atoms with Gasteiger partial charge in [-0.05, 0) is 43.2 Å². The largest absolute Gasteiger partial charge is 0.507 e. The monoisotopic (exact) mass is 450 g/mol. The summed E-state index contributed by atoms with van der Waals surface area (Å²) in [6.45, 7) is 2.27. The maximum atomic E-state index is 13.8. The van der Waals surface area contributed by atoms with Crippen LogP contribution in [0, 0.1) is 6.92 Å². The Balaban J connectivity index is 2.01. The Morgan fingerprint density at radius 1 is 1.09 bits per heavy atom. The average molecular weight is 450 g/mol. The summed E-state index contributed by atoms with van der Waals surface area (Å²) < 4.78 is 10.4. The van der Waals surface area contributed by atoms with E-state index in [0.29, 0.717) is 35.6 Å². The molecule has 4 rings (SSSR count). The molecule has 2 amide bonds. The van der Waals surface area contributed by atoms with E-state index >= 15 is 0 Å². The molecule has 0 saturated carbocycles. The standard InChI is InChI=1S/C25H26N2O6/c1-15-14-16(10-11-19(15)33-4)21(28)20-22(29)23(30)27(12-7-13-32-3)25(20)17-8-5-6-9-18(17)26(2)24(25)31/h5-6,8-11,14,28H,7,12-13H2,1-4H3. The highest BCUT2D eigenvalue weighted by Gasteiger charge is 2.66. The molecule has 0 aromatic heterocycles. The van der Waals surface area contributed by atoms with Gasteiger partial charge >= 0.3 is 0 Å². The SMILES string of the molecule is COCCCN1C(=O)C(=O)C(=C(O)c2ccc(OC)c(C)c2)C12C(=O)N(C)c1ccccc12. The smallest absolute Gasteiger partial charge is 0.296 e. The fourth-order valence-electron chi connectivity index (χ4n) is 4.81. The minimum absolute atomic E-state index is 0.116. The van der Waals surface area contributed by atoms with E-state index in [9.17, 15) is 19.5 Å². The highest BCUT2D eigenvalue weighted by Crippen LogP contribution is 2.53. The van der Waals surface area contributed by atoms with E-state index in [1.807, 2.05) is 0 Å². The molecule has 8 heteroatoms. The first-order valence-electron chi connectivity index (χ1n) is 10.6. The number of aryl methyl sites for hydroxylation is 1. The van der Waals surface area contributed by atoms with Gasteiger partial charge in [0.05, 0.1) is 12.7 Å². The summed E-state index contributed by atoms with van der Waals surface area (Å²) in [6, 6.07) is 11.9. The number of nitrogens with zero attached hydrogens (tertiary/aromatic N) is 2. The molecule has 1 atom stereocenters. The van der Waals surface area contributed by atoms with Gasteiger partial charge in [-0.3, -0.25) is 14.4 Å². The Bertz CT molecular complexity index is 1190. The molecule has 1 spiro atoms. The van der Waals surface area contributed by atoms with Crippen LogP contribution in [0.15, 0.2) is 48.0 Å². The van der Waals surface area contributed by atoms with Gasteiger partial charge in [-0.15, -0.1) is 0 Å². The van der Waals surface area contributed by atoms with Crippen molar-refractivity contribution >= 4 is 29.0 Å². The van der Waals surface area contributed by atoms with Crippen molar-refractivity contribution in [1.82, 2.24) is 4.90 Å². The minimum Gasteiger partial charge on any atom is -0.507 e. The van der Waals surface area contributed by atoms with Crippen LogP contribution in [0.3, 0.4) is 0 Å². The molecule has 2 aromatic carbocycles. The first kappa shape index (κ1) is 22.5. The number of ether oxygens (including phenoxy) is 2. The highest BCUT2D eigenvalue weighted by molar-refractivity contribution is 6.50. The van der Waals surface area contributed by atoms with Gasteiger partial charge in [0.1, 0.15) is 11.5 Å². The Morgan fingerprint density at radius 3 is 2.48 bits per heavy atom. The number of aliphatic hydroxyl groups is 1. The Hall–Kier alpha value is -3.65. The van der Waals surface area contributed by atoms with Gasteiger partial charge in [0.2, 0.25) is 0 Å². The number of ketones is 1. The molecule has 8 nitrogen and oxygen atoms in total. The molecule has 0 bridgehead atoms. The minimum atomic E-state index is -1.74. The van der Waals surface area contributed by atoms with Crippen LogP contribution >= 0.6 is 0 Å². The number of carbonyl (C=O) groups excluding carboxylic acids is 3. The molecular weight excluding hydrogens is 424 g/mol. The summed E-state index contributed by atoms with van der Waals surface area (Å²) >= 11 is 0. The fourth-order valence-corrected chi connectivity index (χ4v) is 4.81. The van der Waals surface area contributed by atoms with Crippen molar-refractivity contribution in [2.75, 3.05) is 39.3 Å². The van der Waals surface area contributed by atoms with Crippen molar-refractivity contribution in [3.05, 3.63) is 64.7 Å². The number of hydrogen-bond acceptors (Lipinski definition) is 6. The van der Waals surface area contributed by atoms with Crippen molar-refractivity contribution < 1.29 is 29.0 Å². The molecule has 1 fully saturated rings. The summed E-state index contributed by atoms with van der Waals surface area (Å²) in [5, 5.41) is 11.4. The number of aliphatic hydroxyl groups excluding tert-OH is 1. The van der Waals surface area contributed by atoms with Gasteiger partial charge in [0.15, 0.2) is 5.54 Å². The second-order valence-electron chi connectivity index (χ2n) is 8.13. The summed E-state index contributed by atoms with van der Waals surface area (Å²) in [5.41, 5.74) is 0.156. The zero-order valence-corrected chi connectivity index (χ0v) is 19.0. The van der Waals surface area contributed by atoms with Crippen molar-refractivity contribution in [3.63, 3.8) is 0 Å². The summed E-state index contributed by atoms with van der Waals surface area (Å²) in [6.07, 6.45) is 0.423. The van der Waals surface area contributed by atoms with Crippen LogP contribution in [0.5, 0.6) is 5.75 Å². The number of carbonyl (C=O) groups is 3. The fraction of sp³-hybridized carbons (Fsp3) is 0.320. The van der Waals surface area contributed by atoms with Crippen LogP contribution in [-0.2, 0) is 24.7 Å². The van der Waals surface area contributed by atoms with Gasteiger partial charge in [-0.2, -0.15) is 0 Å². The molecule has 172 valence electrons. The third-order valence-electron chi connectivity index (χ3n) is 6.34. The lowest BCUT2D eigenvalue weighted by molar-refractivity contribution is -0.143. The molecule has 1 N–H and O–H groups in total. The van der Waals surface area contributed by atoms with E-state index < -0.39 is 28.9 Å². The van der Waals surface area contributed by atoms with E-state index in [2.05, 4.69) is 0 Å². The first-order valence-corrected chi connectivity index (χ1v) is 10.6. The summed E-state index contributed by atoms with van der Waals surface area (Å²) in [5.74, 6) is -1.96. The quantitative estimate of drug-likeness (QED) is 0.315. The molecule has 2 heterocycles. The number of hydrogen-bond donors (Lipinski definition) is 1. The Morgan fingerprint density at radius 2 is 1.82 bits per heavy atom. The van der Waals surface area contributed by atoms with Crippen molar-refractivity contribution in [2.45, 2.75) is 18.9 Å². The lowest BCUT2D eigenvalue weighted by Gasteiger charge is -2.34. The van der Waals surface area contributed by atoms with E-state index in [1.165, 1.54) is 16.9 Å². The first-order chi connectivity index (χ1) is 15.8. The summed E-state index contributed by atoms with van der Waals surface area (Å²) in [7, 11) is 4.68. The predicted octanol–water partition coefficient (Wildman–Crippen LogP) is 2.59. The third kappa shape index (κ3) is 3.13. The summed E-state index contributed by atoms with van der Waals surface area (Å²) in [4.78, 5) is 43.1. The lowest BCUT2D eigenvalue weighted by atomic mass is 9.81. The van der Waals surface area contributed by atoms with Gasteiger partial charge in [0.25, 0.3) is 17.6 Å². The number of likely N-dealkylation sites (tertiary alicyclic amines) is 1. The number of benzene rings is 2. The Labute approximate surface area is 192 Å². The number of anilines is 1. The van der Waals surface area contributed by atoms with E-state index in [-0.39, 0.29) is 12.1 Å². The van der Waals surface area contributed by atoms with Crippen LogP contribution < -0.4 is 9.64 Å². The maximum absolute atomic E-state index is 13.8. The topological polar surface area (TPSA) is 96.4 Å². The van der Waals surface area contributed by atoms with E-state index in [0.717, 1.165) is 5.56 Å². The van der Waals surface area contributed by atoms with Gasteiger partial charge in [0, 0.05) is 44.1 Å². The van der Waals surface area contributed by atoms with Crippen molar-refractivity contribution in [1.29, 1.82) is 0 Å². The molecule has 1 unspecified atom stereocenters. The molecule has 0 radical (unpaired) electrons. The van der Waals surface area contributed by atoms with Crippen LogP contribution in [-0.4, -0.2) is 62.0 Å². The van der Waals surface area contributed by atoms with Crippen LogP contribution in [0.4, 0.5) is 5.69 Å². The van der Waals surface area contributed by atoms with Gasteiger partial charge in [-0.1, -0.05) is 18.2 Å². The number of fused-ring (bicyclic) bond motifs is 2. The van der Waals surface area contributed by atoms with Crippen molar-refractivity contribution in [3.8, 4) is 5.75 Å². The second-order valence-corrected chi connectivity index (χ2v) is 8.13. The molecule has 0 aliphatic carbocycles. The lowest BCUT2D eigenvalue weighted by Crippen LogP contribution is -2.51. The molecule has 2 aliphatic rings. The third-order valence-corrected chi connectivity index (χ3v) is 6.34. The van der Waals surface area contributed by atoms with Gasteiger partial charge < -0.3 is 24.4 Å². The molecule has 33 heavy (non-hydrogen) atoms. The zero-order chi connectivity index (χ0) is 23.9. The average Bonchev–Trinajstić information content (AvgIpc) is 3.17. The van der Waals surface area contributed by atoms with E-state index in [1.54, 1.807) is 63.5 Å². The number of likely N-dealkylation sites (N-methyl/N-ethyl adjacent to an activating group) is 1. The zero-order valence-electron chi connectivity index (χ0n) is 19.0. The second kappa shape index (κ2) is 8.37. The van der Waals surface area contributed by atoms with Crippen LogP contribution in [0.25, 0.3) is 5.76 Å². The van der Waals surface area contributed by atoms with Crippen LogP contribution in [0.1, 0.15) is 23.1 Å².